The normalized spacial score (nSPS) is 29.5. The summed E-state index contributed by atoms with van der Waals surface area (Å²) in [6.45, 7) is 0. The first-order valence-electron chi connectivity index (χ1n) is 2.85. The molecule has 5 nitrogen and oxygen atoms in total. The highest BCUT2D eigenvalue weighted by molar-refractivity contribution is 8.01. The molecule has 11 heavy (non-hydrogen) atoms. The van der Waals surface area contributed by atoms with E-state index < -0.39 is 26.9 Å². The zero-order valence-electron chi connectivity index (χ0n) is 5.47. The quantitative estimate of drug-likeness (QED) is 0.386. The SMILES string of the molecule is O=S(=O)(O)CC1CSC1(O)O. The van der Waals surface area contributed by atoms with Crippen molar-refractivity contribution in [2.45, 2.75) is 5.12 Å². The van der Waals surface area contributed by atoms with E-state index in [9.17, 15) is 8.42 Å². The molecule has 1 aliphatic heterocycles. The van der Waals surface area contributed by atoms with Crippen molar-refractivity contribution < 1.29 is 23.2 Å². The fraction of sp³-hybridized carbons (Fsp3) is 1.00. The maximum absolute atomic E-state index is 10.2. The Hall–Kier alpha value is 0.180. The summed E-state index contributed by atoms with van der Waals surface area (Å²) >= 11 is 0.847. The lowest BCUT2D eigenvalue weighted by atomic mass is 10.2. The minimum atomic E-state index is -4.09. The lowest BCUT2D eigenvalue weighted by molar-refractivity contribution is -0.121. The molecule has 0 saturated carbocycles. The van der Waals surface area contributed by atoms with Crippen molar-refractivity contribution in [2.75, 3.05) is 11.5 Å². The van der Waals surface area contributed by atoms with Crippen LogP contribution in [-0.2, 0) is 10.1 Å². The minimum absolute atomic E-state index is 0.340. The zero-order chi connectivity index (χ0) is 8.70. The van der Waals surface area contributed by atoms with Crippen molar-refractivity contribution >= 4 is 21.9 Å². The number of rotatable bonds is 2. The van der Waals surface area contributed by atoms with E-state index in [1.54, 1.807) is 0 Å². The molecule has 0 aromatic carbocycles. The Labute approximate surface area is 68.2 Å². The van der Waals surface area contributed by atoms with Crippen LogP contribution in [0.5, 0.6) is 0 Å². The predicted molar refractivity (Wildman–Crippen MR) is 39.5 cm³/mol. The summed E-state index contributed by atoms with van der Waals surface area (Å²) in [4.78, 5) is 0. The van der Waals surface area contributed by atoms with E-state index in [0.29, 0.717) is 5.75 Å². The van der Waals surface area contributed by atoms with Gasteiger partial charge in [-0.3, -0.25) is 4.55 Å². The van der Waals surface area contributed by atoms with E-state index in [-0.39, 0.29) is 0 Å². The van der Waals surface area contributed by atoms with Crippen molar-refractivity contribution in [3.63, 3.8) is 0 Å². The van der Waals surface area contributed by atoms with Crippen molar-refractivity contribution in [2.24, 2.45) is 5.92 Å². The molecule has 0 radical (unpaired) electrons. The average Bonchev–Trinajstić information content (AvgIpc) is 1.79. The van der Waals surface area contributed by atoms with E-state index in [1.807, 2.05) is 0 Å². The molecule has 0 aliphatic carbocycles. The zero-order valence-corrected chi connectivity index (χ0v) is 7.10. The van der Waals surface area contributed by atoms with Gasteiger partial charge in [0.1, 0.15) is 0 Å². The summed E-state index contributed by atoms with van der Waals surface area (Å²) in [5.41, 5.74) is 0. The van der Waals surface area contributed by atoms with Gasteiger partial charge in [-0.05, 0) is 0 Å². The molecule has 1 atom stereocenters. The second kappa shape index (κ2) is 2.60. The van der Waals surface area contributed by atoms with Crippen LogP contribution < -0.4 is 0 Å². The van der Waals surface area contributed by atoms with E-state index >= 15 is 0 Å². The first-order chi connectivity index (χ1) is 4.81. The number of aliphatic hydroxyl groups is 2. The molecule has 0 aromatic heterocycles. The molecule has 0 bridgehead atoms. The molecule has 3 N–H and O–H groups in total. The summed E-state index contributed by atoms with van der Waals surface area (Å²) < 4.78 is 28.8. The summed E-state index contributed by atoms with van der Waals surface area (Å²) in [5, 5.41) is 15.8. The highest BCUT2D eigenvalue weighted by atomic mass is 32.2. The fourth-order valence-electron chi connectivity index (χ4n) is 0.761. The Bertz CT molecular complexity index is 243. The van der Waals surface area contributed by atoms with E-state index in [0.717, 1.165) is 11.8 Å². The first-order valence-corrected chi connectivity index (χ1v) is 5.44. The molecule has 1 saturated heterocycles. The standard InChI is InChI=1S/C4H8O5S2/c5-4(6)3(1-10-4)2-11(7,8)9/h3,5-6H,1-2H2,(H,7,8,9). The molecule has 1 heterocycles. The molecule has 7 heteroatoms. The molecule has 0 amide bonds. The lowest BCUT2D eigenvalue weighted by Crippen LogP contribution is -2.48. The van der Waals surface area contributed by atoms with Crippen LogP contribution in [-0.4, -0.2) is 39.8 Å². The Balaban J connectivity index is 2.53. The van der Waals surface area contributed by atoms with Crippen molar-refractivity contribution in [3.8, 4) is 0 Å². The molecule has 1 rings (SSSR count). The van der Waals surface area contributed by atoms with E-state index in [4.69, 9.17) is 14.8 Å². The summed E-state index contributed by atoms with van der Waals surface area (Å²) in [6, 6.07) is 0. The number of hydrogen-bond acceptors (Lipinski definition) is 5. The van der Waals surface area contributed by atoms with Crippen LogP contribution in [0.25, 0.3) is 0 Å². The number of thioether (sulfide) groups is 1. The Kier molecular flexibility index (Phi) is 2.19. The van der Waals surface area contributed by atoms with Crippen LogP contribution in [0.1, 0.15) is 0 Å². The maximum atomic E-state index is 10.2. The number of hydrogen-bond donors (Lipinski definition) is 3. The summed E-state index contributed by atoms with van der Waals surface area (Å²) in [7, 11) is -4.09. The van der Waals surface area contributed by atoms with Gasteiger partial charge in [-0.1, -0.05) is 11.8 Å². The van der Waals surface area contributed by atoms with E-state index in [2.05, 4.69) is 0 Å². The maximum Gasteiger partial charge on any atom is 0.265 e. The third-order valence-electron chi connectivity index (χ3n) is 1.44. The topological polar surface area (TPSA) is 94.8 Å². The molecule has 0 aromatic rings. The smallest absolute Gasteiger partial charge is 0.265 e. The van der Waals surface area contributed by atoms with E-state index in [1.165, 1.54) is 0 Å². The Morgan fingerprint density at radius 2 is 2.09 bits per heavy atom. The van der Waals surface area contributed by atoms with Gasteiger partial charge < -0.3 is 10.2 Å². The van der Waals surface area contributed by atoms with Gasteiger partial charge in [0, 0.05) is 11.7 Å². The first kappa shape index (κ1) is 9.27. The van der Waals surface area contributed by atoms with Crippen LogP contribution in [0, 0.1) is 5.92 Å². The minimum Gasteiger partial charge on any atom is -0.357 e. The van der Waals surface area contributed by atoms with Crippen LogP contribution in [0.2, 0.25) is 0 Å². The molecule has 1 fully saturated rings. The molecule has 0 spiro atoms. The Morgan fingerprint density at radius 1 is 1.55 bits per heavy atom. The predicted octanol–water partition coefficient (Wildman–Crippen LogP) is -1.12. The van der Waals surface area contributed by atoms with Gasteiger partial charge in [-0.15, -0.1) is 0 Å². The molecule has 66 valence electrons. The van der Waals surface area contributed by atoms with Crippen molar-refractivity contribution in [3.05, 3.63) is 0 Å². The molecule has 1 aliphatic rings. The van der Waals surface area contributed by atoms with Gasteiger partial charge in [0.15, 0.2) is 0 Å². The van der Waals surface area contributed by atoms with Gasteiger partial charge >= 0.3 is 0 Å². The summed E-state index contributed by atoms with van der Waals surface area (Å²) in [5.74, 6) is -1.03. The highest BCUT2D eigenvalue weighted by Gasteiger charge is 2.46. The fourth-order valence-corrected chi connectivity index (χ4v) is 2.78. The van der Waals surface area contributed by atoms with Gasteiger partial charge in [-0.25, -0.2) is 0 Å². The van der Waals surface area contributed by atoms with Gasteiger partial charge in [0.2, 0.25) is 5.12 Å². The van der Waals surface area contributed by atoms with Crippen LogP contribution >= 0.6 is 11.8 Å². The van der Waals surface area contributed by atoms with Crippen LogP contribution in [0.4, 0.5) is 0 Å². The average molecular weight is 200 g/mol. The van der Waals surface area contributed by atoms with Crippen molar-refractivity contribution in [1.29, 1.82) is 0 Å². The van der Waals surface area contributed by atoms with Gasteiger partial charge in [0.05, 0.1) is 5.75 Å². The highest BCUT2D eigenvalue weighted by Crippen LogP contribution is 2.41. The molecule has 1 unspecified atom stereocenters. The Morgan fingerprint density at radius 3 is 2.18 bits per heavy atom. The van der Waals surface area contributed by atoms with Gasteiger partial charge in [0.25, 0.3) is 10.1 Å². The second-order valence-corrected chi connectivity index (χ2v) is 5.14. The third-order valence-corrected chi connectivity index (χ3v) is 3.59. The molecular weight excluding hydrogens is 192 g/mol. The van der Waals surface area contributed by atoms with Crippen LogP contribution in [0.3, 0.4) is 0 Å². The van der Waals surface area contributed by atoms with Gasteiger partial charge in [-0.2, -0.15) is 8.42 Å². The largest absolute Gasteiger partial charge is 0.357 e. The van der Waals surface area contributed by atoms with Crippen LogP contribution in [0.15, 0.2) is 0 Å². The van der Waals surface area contributed by atoms with Crippen molar-refractivity contribution in [1.82, 2.24) is 0 Å². The third kappa shape index (κ3) is 2.31. The summed E-state index contributed by atoms with van der Waals surface area (Å²) in [6.07, 6.45) is 0. The second-order valence-electron chi connectivity index (χ2n) is 2.42. The molecular formula is C4H8O5S2. The lowest BCUT2D eigenvalue weighted by Gasteiger charge is -2.38. The monoisotopic (exact) mass is 200 g/mol.